The zero-order valence-electron chi connectivity index (χ0n) is 19.8. The summed E-state index contributed by atoms with van der Waals surface area (Å²) >= 11 is 0. The molecule has 1 aromatic carbocycles. The minimum Gasteiger partial charge on any atom is -0.497 e. The fourth-order valence-corrected chi connectivity index (χ4v) is 7.68. The maximum absolute atomic E-state index is 13.5. The number of hydrogen-bond acceptors (Lipinski definition) is 8. The third-order valence-electron chi connectivity index (χ3n) is 8.62. The van der Waals surface area contributed by atoms with Gasteiger partial charge in [-0.1, -0.05) is 25.1 Å². The van der Waals surface area contributed by atoms with E-state index in [0.29, 0.717) is 12.2 Å². The second-order valence-electron chi connectivity index (χ2n) is 9.76. The highest BCUT2D eigenvalue weighted by Crippen LogP contribution is 2.67. The van der Waals surface area contributed by atoms with E-state index in [1.165, 1.54) is 14.0 Å². The Hall–Kier alpha value is -2.58. The maximum atomic E-state index is 13.5. The third-order valence-corrected chi connectivity index (χ3v) is 8.62. The number of carbonyl (C=O) groups excluding carboxylic acids is 2. The van der Waals surface area contributed by atoms with E-state index < -0.39 is 40.5 Å². The van der Waals surface area contributed by atoms with Crippen LogP contribution in [0.25, 0.3) is 0 Å². The van der Waals surface area contributed by atoms with Gasteiger partial charge in [0.15, 0.2) is 6.10 Å². The average Bonchev–Trinajstić information content (AvgIpc) is 3.32. The second-order valence-corrected chi connectivity index (χ2v) is 9.76. The SMILES string of the molecule is CC[C@]12C=CCN3CC[C@]4(c5ccc(OC)cc5N(C)[C@@H]4[C@](O)(C(=O)OC)[C@H]1OC(C)=O)[C@@H]32. The van der Waals surface area contributed by atoms with E-state index in [1.54, 1.807) is 7.11 Å². The molecule has 33 heavy (non-hydrogen) atoms. The molecule has 6 atom stereocenters. The molecule has 4 aliphatic rings. The standard InChI is InChI=1S/C25H32N2O6/c1-6-23-10-7-12-27-13-11-24(19(23)27)17-9-8-16(31-4)14-18(17)26(3)20(24)25(30,22(29)32-5)21(23)33-15(2)28/h7-10,14,19-21,30H,6,11-13H2,1-5H3/t19-,20-,21-,23+,24-,25+/m0/s1. The number of ether oxygens (including phenoxy) is 3. The van der Waals surface area contributed by atoms with Gasteiger partial charge in [0.1, 0.15) is 5.75 Å². The van der Waals surface area contributed by atoms with Crippen molar-refractivity contribution in [2.45, 2.75) is 55.9 Å². The van der Waals surface area contributed by atoms with E-state index in [0.717, 1.165) is 30.8 Å². The summed E-state index contributed by atoms with van der Waals surface area (Å²) in [6.45, 7) is 4.94. The van der Waals surface area contributed by atoms with Crippen molar-refractivity contribution in [2.24, 2.45) is 5.41 Å². The van der Waals surface area contributed by atoms with Crippen LogP contribution in [0.2, 0.25) is 0 Å². The normalized spacial score (nSPS) is 38.4. The molecule has 8 nitrogen and oxygen atoms in total. The molecular weight excluding hydrogens is 424 g/mol. The van der Waals surface area contributed by atoms with Gasteiger partial charge in [-0.05, 0) is 31.0 Å². The van der Waals surface area contributed by atoms with Crippen molar-refractivity contribution in [3.05, 3.63) is 35.9 Å². The van der Waals surface area contributed by atoms with Gasteiger partial charge in [-0.2, -0.15) is 0 Å². The lowest BCUT2D eigenvalue weighted by Gasteiger charge is -2.63. The Bertz CT molecular complexity index is 1040. The van der Waals surface area contributed by atoms with Crippen LogP contribution in [0.5, 0.6) is 5.75 Å². The van der Waals surface area contributed by atoms with Crippen LogP contribution < -0.4 is 9.64 Å². The molecule has 1 aliphatic carbocycles. The number of esters is 2. The molecule has 8 heteroatoms. The summed E-state index contributed by atoms with van der Waals surface area (Å²) in [7, 11) is 4.77. The van der Waals surface area contributed by atoms with Crippen molar-refractivity contribution in [2.75, 3.05) is 39.3 Å². The highest BCUT2D eigenvalue weighted by molar-refractivity contribution is 5.87. The number of rotatable bonds is 4. The monoisotopic (exact) mass is 456 g/mol. The number of carbonyl (C=O) groups is 2. The minimum absolute atomic E-state index is 0.0589. The van der Waals surface area contributed by atoms with Crippen molar-refractivity contribution in [3.8, 4) is 5.75 Å². The van der Waals surface area contributed by atoms with Gasteiger partial charge < -0.3 is 24.2 Å². The molecule has 3 aliphatic heterocycles. The molecule has 0 amide bonds. The zero-order valence-corrected chi connectivity index (χ0v) is 19.8. The van der Waals surface area contributed by atoms with E-state index in [-0.39, 0.29) is 6.04 Å². The first kappa shape index (κ1) is 22.2. The van der Waals surface area contributed by atoms with Gasteiger partial charge in [0.2, 0.25) is 5.60 Å². The first-order valence-electron chi connectivity index (χ1n) is 11.5. The Morgan fingerprint density at radius 3 is 2.64 bits per heavy atom. The van der Waals surface area contributed by atoms with Crippen molar-refractivity contribution in [1.82, 2.24) is 4.90 Å². The predicted octanol–water partition coefficient (Wildman–Crippen LogP) is 1.64. The summed E-state index contributed by atoms with van der Waals surface area (Å²) in [5, 5.41) is 12.5. The Balaban J connectivity index is 1.86. The summed E-state index contributed by atoms with van der Waals surface area (Å²) in [6.07, 6.45) is 4.40. The molecule has 0 unspecified atom stereocenters. The third kappa shape index (κ3) is 2.48. The number of likely N-dealkylation sites (N-methyl/N-ethyl adjacent to an activating group) is 1. The zero-order chi connectivity index (χ0) is 23.8. The quantitative estimate of drug-likeness (QED) is 0.541. The lowest BCUT2D eigenvalue weighted by molar-refractivity contribution is -0.228. The van der Waals surface area contributed by atoms with E-state index in [9.17, 15) is 14.7 Å². The molecule has 1 saturated heterocycles. The first-order valence-corrected chi connectivity index (χ1v) is 11.5. The lowest BCUT2D eigenvalue weighted by atomic mass is 9.47. The Morgan fingerprint density at radius 1 is 1.24 bits per heavy atom. The summed E-state index contributed by atoms with van der Waals surface area (Å²) in [4.78, 5) is 30.2. The van der Waals surface area contributed by atoms with Gasteiger partial charge >= 0.3 is 11.9 Å². The van der Waals surface area contributed by atoms with Crippen LogP contribution in [-0.2, 0) is 24.5 Å². The molecular formula is C25H32N2O6. The van der Waals surface area contributed by atoms with Crippen LogP contribution in [0, 0.1) is 5.41 Å². The lowest BCUT2D eigenvalue weighted by Crippen LogP contribution is -2.81. The summed E-state index contributed by atoms with van der Waals surface area (Å²) < 4.78 is 16.6. The Labute approximate surface area is 194 Å². The van der Waals surface area contributed by atoms with Crippen molar-refractivity contribution < 1.29 is 28.9 Å². The molecule has 1 aromatic rings. The summed E-state index contributed by atoms with van der Waals surface area (Å²) in [6, 6.07) is 5.22. The average molecular weight is 457 g/mol. The summed E-state index contributed by atoms with van der Waals surface area (Å²) in [5.74, 6) is -0.617. The highest BCUT2D eigenvalue weighted by Gasteiger charge is 2.80. The van der Waals surface area contributed by atoms with Crippen molar-refractivity contribution >= 4 is 17.6 Å². The van der Waals surface area contributed by atoms with Gasteiger partial charge in [0.05, 0.1) is 20.3 Å². The molecule has 3 heterocycles. The number of nitrogens with zero attached hydrogens (tertiary/aromatic N) is 2. The smallest absolute Gasteiger partial charge is 0.344 e. The van der Waals surface area contributed by atoms with Crippen LogP contribution >= 0.6 is 0 Å². The molecule has 178 valence electrons. The van der Waals surface area contributed by atoms with E-state index in [2.05, 4.69) is 23.1 Å². The molecule has 1 saturated carbocycles. The molecule has 2 fully saturated rings. The van der Waals surface area contributed by atoms with Crippen molar-refractivity contribution in [3.63, 3.8) is 0 Å². The molecule has 0 radical (unpaired) electrons. The molecule has 0 bridgehead atoms. The van der Waals surface area contributed by atoms with Crippen LogP contribution in [0.1, 0.15) is 32.3 Å². The minimum atomic E-state index is -2.08. The van der Waals surface area contributed by atoms with E-state index in [4.69, 9.17) is 14.2 Å². The number of aliphatic hydroxyl groups is 1. The van der Waals surface area contributed by atoms with Gasteiger partial charge in [0.25, 0.3) is 0 Å². The summed E-state index contributed by atoms with van der Waals surface area (Å²) in [5.41, 5.74) is -1.41. The Morgan fingerprint density at radius 2 is 2.00 bits per heavy atom. The van der Waals surface area contributed by atoms with Crippen LogP contribution in [0.3, 0.4) is 0 Å². The maximum Gasteiger partial charge on any atom is 0.344 e. The van der Waals surface area contributed by atoms with Crippen LogP contribution in [0.4, 0.5) is 5.69 Å². The van der Waals surface area contributed by atoms with Gasteiger partial charge in [-0.25, -0.2) is 4.79 Å². The number of hydrogen-bond donors (Lipinski definition) is 1. The predicted molar refractivity (Wildman–Crippen MR) is 121 cm³/mol. The number of benzene rings is 1. The molecule has 1 spiro atoms. The highest BCUT2D eigenvalue weighted by atomic mass is 16.6. The number of fused-ring (bicyclic) bond motifs is 1. The number of anilines is 1. The number of methoxy groups -OCH3 is 2. The molecule has 1 N–H and O–H groups in total. The fraction of sp³-hybridized carbons (Fsp3) is 0.600. The van der Waals surface area contributed by atoms with Gasteiger partial charge in [0, 0.05) is 49.1 Å². The van der Waals surface area contributed by atoms with Gasteiger partial charge in [-0.3, -0.25) is 9.69 Å². The first-order chi connectivity index (χ1) is 15.7. The van der Waals surface area contributed by atoms with Gasteiger partial charge in [-0.15, -0.1) is 0 Å². The topological polar surface area (TPSA) is 88.5 Å². The van der Waals surface area contributed by atoms with Crippen molar-refractivity contribution in [1.29, 1.82) is 0 Å². The van der Waals surface area contributed by atoms with E-state index >= 15 is 0 Å². The molecule has 5 rings (SSSR count). The molecule has 0 aromatic heterocycles. The van der Waals surface area contributed by atoms with Crippen LogP contribution in [-0.4, -0.2) is 80.1 Å². The Kier molecular flexibility index (Phi) is 4.85. The van der Waals surface area contributed by atoms with Crippen LogP contribution in [0.15, 0.2) is 30.4 Å². The largest absolute Gasteiger partial charge is 0.497 e. The van der Waals surface area contributed by atoms with E-state index in [1.807, 2.05) is 31.0 Å². The second kappa shape index (κ2) is 7.21. The fourth-order valence-electron chi connectivity index (χ4n) is 7.68.